The summed E-state index contributed by atoms with van der Waals surface area (Å²) in [5, 5.41) is 3.60. The highest BCUT2D eigenvalue weighted by atomic mass is 32.1. The zero-order valence-electron chi connectivity index (χ0n) is 11.2. The van der Waals surface area contributed by atoms with Crippen LogP contribution in [0.1, 0.15) is 48.7 Å². The third-order valence-corrected chi connectivity index (χ3v) is 5.92. The molecule has 2 heterocycles. The molecule has 0 spiro atoms. The average Bonchev–Trinajstić information content (AvgIpc) is 2.79. The standard InChI is InChI=1S/C14H23N3S/c1-17-7-3-11(4-8-17)12-9-18-13(16-12)14(10-15)5-2-6-14/h9,11H,2-8,10,15H2,1H3. The highest BCUT2D eigenvalue weighted by Crippen LogP contribution is 2.44. The lowest BCUT2D eigenvalue weighted by molar-refractivity contribution is 0.245. The van der Waals surface area contributed by atoms with Crippen molar-refractivity contribution in [1.82, 2.24) is 9.88 Å². The third-order valence-electron chi connectivity index (χ3n) is 4.81. The second-order valence-corrected chi connectivity index (χ2v) is 6.85. The Kier molecular flexibility index (Phi) is 3.43. The average molecular weight is 265 g/mol. The summed E-state index contributed by atoms with van der Waals surface area (Å²) < 4.78 is 0. The Morgan fingerprint density at radius 1 is 1.44 bits per heavy atom. The second-order valence-electron chi connectivity index (χ2n) is 5.99. The molecule has 1 aromatic heterocycles. The number of nitrogens with two attached hydrogens (primary N) is 1. The smallest absolute Gasteiger partial charge is 0.100 e. The van der Waals surface area contributed by atoms with E-state index in [-0.39, 0.29) is 5.41 Å². The third kappa shape index (κ3) is 2.10. The lowest BCUT2D eigenvalue weighted by Crippen LogP contribution is -2.41. The van der Waals surface area contributed by atoms with E-state index >= 15 is 0 Å². The van der Waals surface area contributed by atoms with E-state index in [1.807, 2.05) is 11.3 Å². The number of piperidine rings is 1. The Hall–Kier alpha value is -0.450. The van der Waals surface area contributed by atoms with Gasteiger partial charge < -0.3 is 10.6 Å². The van der Waals surface area contributed by atoms with Gasteiger partial charge in [0.2, 0.25) is 0 Å². The van der Waals surface area contributed by atoms with Gasteiger partial charge in [0.25, 0.3) is 0 Å². The molecular weight excluding hydrogens is 242 g/mol. The SMILES string of the molecule is CN1CCC(c2csc(C3(CN)CCC3)n2)CC1. The summed E-state index contributed by atoms with van der Waals surface area (Å²) in [4.78, 5) is 7.36. The van der Waals surface area contributed by atoms with Crippen molar-refractivity contribution in [3.05, 3.63) is 16.1 Å². The number of hydrogen-bond donors (Lipinski definition) is 1. The maximum atomic E-state index is 5.97. The van der Waals surface area contributed by atoms with E-state index < -0.39 is 0 Å². The summed E-state index contributed by atoms with van der Waals surface area (Å²) >= 11 is 1.85. The van der Waals surface area contributed by atoms with Crippen LogP contribution in [0.3, 0.4) is 0 Å². The first kappa shape index (κ1) is 12.6. The quantitative estimate of drug-likeness (QED) is 0.912. The monoisotopic (exact) mass is 265 g/mol. The van der Waals surface area contributed by atoms with Crippen LogP contribution in [0.25, 0.3) is 0 Å². The molecule has 0 bridgehead atoms. The highest BCUT2D eigenvalue weighted by molar-refractivity contribution is 7.09. The Bertz CT molecular complexity index is 397. The zero-order valence-corrected chi connectivity index (χ0v) is 12.0. The van der Waals surface area contributed by atoms with Crippen LogP contribution in [0.5, 0.6) is 0 Å². The Morgan fingerprint density at radius 2 is 2.17 bits per heavy atom. The van der Waals surface area contributed by atoms with Gasteiger partial charge in [0.1, 0.15) is 5.01 Å². The summed E-state index contributed by atoms with van der Waals surface area (Å²) in [6.07, 6.45) is 6.32. The van der Waals surface area contributed by atoms with Gasteiger partial charge in [-0.05, 0) is 45.8 Å². The molecule has 1 aliphatic heterocycles. The van der Waals surface area contributed by atoms with Gasteiger partial charge in [-0.1, -0.05) is 6.42 Å². The second kappa shape index (κ2) is 4.91. The van der Waals surface area contributed by atoms with Crippen molar-refractivity contribution < 1.29 is 0 Å². The molecule has 2 aliphatic rings. The fourth-order valence-corrected chi connectivity index (χ4v) is 4.30. The molecule has 1 saturated heterocycles. The van der Waals surface area contributed by atoms with E-state index in [2.05, 4.69) is 17.3 Å². The predicted molar refractivity (Wildman–Crippen MR) is 76.2 cm³/mol. The lowest BCUT2D eigenvalue weighted by atomic mass is 9.69. The number of rotatable bonds is 3. The van der Waals surface area contributed by atoms with E-state index in [1.165, 1.54) is 55.9 Å². The molecular formula is C14H23N3S. The first-order valence-electron chi connectivity index (χ1n) is 7.08. The number of hydrogen-bond acceptors (Lipinski definition) is 4. The van der Waals surface area contributed by atoms with Crippen molar-refractivity contribution in [3.63, 3.8) is 0 Å². The van der Waals surface area contributed by atoms with Crippen LogP contribution in [0, 0.1) is 0 Å². The largest absolute Gasteiger partial charge is 0.329 e. The Balaban J connectivity index is 1.73. The van der Waals surface area contributed by atoms with Crippen LogP contribution >= 0.6 is 11.3 Å². The molecule has 4 heteroatoms. The molecule has 0 amide bonds. The van der Waals surface area contributed by atoms with Crippen molar-refractivity contribution in [2.45, 2.75) is 43.4 Å². The molecule has 3 rings (SSSR count). The van der Waals surface area contributed by atoms with Gasteiger partial charge in [0.05, 0.1) is 5.69 Å². The normalized spacial score (nSPS) is 25.0. The van der Waals surface area contributed by atoms with Crippen molar-refractivity contribution in [1.29, 1.82) is 0 Å². The molecule has 1 saturated carbocycles. The van der Waals surface area contributed by atoms with Gasteiger partial charge in [0.15, 0.2) is 0 Å². The molecule has 100 valence electrons. The van der Waals surface area contributed by atoms with E-state index in [0.717, 1.165) is 6.54 Å². The highest BCUT2D eigenvalue weighted by Gasteiger charge is 2.40. The Labute approximate surface area is 113 Å². The summed E-state index contributed by atoms with van der Waals surface area (Å²) in [6, 6.07) is 0. The van der Waals surface area contributed by atoms with Gasteiger partial charge in [-0.3, -0.25) is 0 Å². The van der Waals surface area contributed by atoms with Crippen molar-refractivity contribution >= 4 is 11.3 Å². The number of likely N-dealkylation sites (tertiary alicyclic amines) is 1. The number of thiazole rings is 1. The molecule has 0 radical (unpaired) electrons. The predicted octanol–water partition coefficient (Wildman–Crippen LogP) is 2.33. The molecule has 2 N–H and O–H groups in total. The van der Waals surface area contributed by atoms with Gasteiger partial charge in [0, 0.05) is 23.3 Å². The lowest BCUT2D eigenvalue weighted by Gasteiger charge is -2.39. The number of aromatic nitrogens is 1. The minimum absolute atomic E-state index is 0.244. The van der Waals surface area contributed by atoms with E-state index in [1.54, 1.807) is 0 Å². The fraction of sp³-hybridized carbons (Fsp3) is 0.786. The molecule has 0 aromatic carbocycles. The van der Waals surface area contributed by atoms with E-state index in [0.29, 0.717) is 5.92 Å². The maximum absolute atomic E-state index is 5.97. The molecule has 1 aromatic rings. The van der Waals surface area contributed by atoms with E-state index in [4.69, 9.17) is 10.7 Å². The van der Waals surface area contributed by atoms with Crippen molar-refractivity contribution in [2.24, 2.45) is 5.73 Å². The Morgan fingerprint density at radius 3 is 2.72 bits per heavy atom. The molecule has 0 unspecified atom stereocenters. The van der Waals surface area contributed by atoms with Gasteiger partial charge in [-0.2, -0.15) is 0 Å². The molecule has 0 atom stereocenters. The summed E-state index contributed by atoms with van der Waals surface area (Å²) in [6.45, 7) is 3.19. The maximum Gasteiger partial charge on any atom is 0.100 e. The summed E-state index contributed by atoms with van der Waals surface area (Å²) in [5.74, 6) is 0.682. The zero-order chi connectivity index (χ0) is 12.6. The minimum atomic E-state index is 0.244. The van der Waals surface area contributed by atoms with Gasteiger partial charge in [-0.15, -0.1) is 11.3 Å². The van der Waals surface area contributed by atoms with Gasteiger partial charge >= 0.3 is 0 Å². The van der Waals surface area contributed by atoms with Crippen LogP contribution in [-0.2, 0) is 5.41 Å². The topological polar surface area (TPSA) is 42.1 Å². The van der Waals surface area contributed by atoms with Crippen LogP contribution in [0.4, 0.5) is 0 Å². The molecule has 18 heavy (non-hydrogen) atoms. The molecule has 2 fully saturated rings. The first-order valence-corrected chi connectivity index (χ1v) is 7.96. The van der Waals surface area contributed by atoms with Gasteiger partial charge in [-0.25, -0.2) is 4.98 Å². The van der Waals surface area contributed by atoms with Crippen LogP contribution in [-0.4, -0.2) is 36.6 Å². The van der Waals surface area contributed by atoms with Crippen LogP contribution in [0.15, 0.2) is 5.38 Å². The minimum Gasteiger partial charge on any atom is -0.329 e. The van der Waals surface area contributed by atoms with Crippen molar-refractivity contribution in [3.8, 4) is 0 Å². The first-order chi connectivity index (χ1) is 8.73. The van der Waals surface area contributed by atoms with Crippen LogP contribution in [0.2, 0.25) is 0 Å². The molecule has 3 nitrogen and oxygen atoms in total. The summed E-state index contributed by atoms with van der Waals surface area (Å²) in [5.41, 5.74) is 7.55. The fourth-order valence-electron chi connectivity index (χ4n) is 3.13. The van der Waals surface area contributed by atoms with Crippen LogP contribution < -0.4 is 5.73 Å². The molecule has 1 aliphatic carbocycles. The van der Waals surface area contributed by atoms with E-state index in [9.17, 15) is 0 Å². The summed E-state index contributed by atoms with van der Waals surface area (Å²) in [7, 11) is 2.21. The van der Waals surface area contributed by atoms with Crippen molar-refractivity contribution in [2.75, 3.05) is 26.7 Å². The number of nitrogens with zero attached hydrogens (tertiary/aromatic N) is 2.